The van der Waals surface area contributed by atoms with Crippen LogP contribution in [0, 0.1) is 11.3 Å². The van der Waals surface area contributed by atoms with Gasteiger partial charge in [-0.3, -0.25) is 9.69 Å². The van der Waals surface area contributed by atoms with Crippen LogP contribution in [-0.4, -0.2) is 88.2 Å². The first kappa shape index (κ1) is 26.2. The lowest BCUT2D eigenvalue weighted by atomic mass is 10.1. The molecule has 2 saturated heterocycles. The van der Waals surface area contributed by atoms with Crippen LogP contribution >= 0.6 is 0 Å². The summed E-state index contributed by atoms with van der Waals surface area (Å²) in [7, 11) is -2.36. The number of H-pyrrole nitrogens is 1. The zero-order valence-electron chi connectivity index (χ0n) is 21.3. The summed E-state index contributed by atoms with van der Waals surface area (Å²) in [5.41, 5.74) is 3.14. The van der Waals surface area contributed by atoms with Gasteiger partial charge in [-0.2, -0.15) is 5.26 Å². The molecule has 5 rings (SSSR count). The summed E-state index contributed by atoms with van der Waals surface area (Å²) in [5.74, 6) is 0.138. The van der Waals surface area contributed by atoms with Gasteiger partial charge in [0.25, 0.3) is 5.91 Å². The van der Waals surface area contributed by atoms with Crippen molar-refractivity contribution in [1.82, 2.24) is 19.5 Å². The number of benzene rings is 2. The third-order valence-corrected chi connectivity index (χ3v) is 8.55. The molecule has 3 heterocycles. The standard InChI is InChI=1S/C27H31N5O5S/c1-29-38(34,35)22-5-7-26(37-21-17-36-18-21)24(14-22)27(33)32-11-9-31(10-12-32)8-2-3-20-16-30-25-6-4-19(15-28)13-23(20)25/h4-7,13-14,16,21,29-30H,2-3,8-12,17-18H2,1H3. The van der Waals surface area contributed by atoms with Crippen LogP contribution in [0.4, 0.5) is 0 Å². The maximum absolute atomic E-state index is 13.5. The number of amides is 1. The molecule has 0 spiro atoms. The van der Waals surface area contributed by atoms with E-state index in [1.165, 1.54) is 24.7 Å². The van der Waals surface area contributed by atoms with Gasteiger partial charge in [-0.1, -0.05) is 0 Å². The summed E-state index contributed by atoms with van der Waals surface area (Å²) in [6.07, 6.45) is 3.73. The second-order valence-corrected chi connectivity index (χ2v) is 11.5. The molecule has 3 aromatic rings. The van der Waals surface area contributed by atoms with E-state index in [0.29, 0.717) is 37.6 Å². The van der Waals surface area contributed by atoms with Crippen molar-refractivity contribution in [1.29, 1.82) is 5.26 Å². The van der Waals surface area contributed by atoms with Gasteiger partial charge >= 0.3 is 0 Å². The molecule has 2 aliphatic heterocycles. The number of sulfonamides is 1. The minimum Gasteiger partial charge on any atom is -0.485 e. The van der Waals surface area contributed by atoms with E-state index in [1.807, 2.05) is 24.4 Å². The Labute approximate surface area is 222 Å². The lowest BCUT2D eigenvalue weighted by Gasteiger charge is -2.35. The lowest BCUT2D eigenvalue weighted by Crippen LogP contribution is -2.49. The van der Waals surface area contributed by atoms with Crippen molar-refractivity contribution < 1.29 is 22.7 Å². The zero-order valence-corrected chi connectivity index (χ0v) is 22.1. The molecule has 2 aromatic carbocycles. The van der Waals surface area contributed by atoms with Crippen molar-refractivity contribution in [2.45, 2.75) is 23.8 Å². The molecular formula is C27H31N5O5S. The largest absolute Gasteiger partial charge is 0.485 e. The monoisotopic (exact) mass is 537 g/mol. The Morgan fingerprint density at radius 3 is 2.66 bits per heavy atom. The molecule has 1 aromatic heterocycles. The maximum Gasteiger partial charge on any atom is 0.257 e. The van der Waals surface area contributed by atoms with E-state index in [4.69, 9.17) is 9.47 Å². The van der Waals surface area contributed by atoms with E-state index in [2.05, 4.69) is 20.7 Å². The first-order valence-corrected chi connectivity index (χ1v) is 14.2. The Balaban J connectivity index is 1.20. The highest BCUT2D eigenvalue weighted by molar-refractivity contribution is 7.89. The number of fused-ring (bicyclic) bond motifs is 1. The lowest BCUT2D eigenvalue weighted by molar-refractivity contribution is -0.0799. The average Bonchev–Trinajstić information content (AvgIpc) is 3.32. The molecule has 0 saturated carbocycles. The van der Waals surface area contributed by atoms with Crippen LogP contribution in [0.15, 0.2) is 47.5 Å². The number of carbonyl (C=O) groups is 1. The van der Waals surface area contributed by atoms with E-state index in [1.54, 1.807) is 11.0 Å². The number of aromatic amines is 1. The number of carbonyl (C=O) groups excluding carboxylic acids is 1. The molecule has 0 unspecified atom stereocenters. The molecule has 0 radical (unpaired) electrons. The minimum atomic E-state index is -3.70. The van der Waals surface area contributed by atoms with Gasteiger partial charge in [0.05, 0.1) is 35.3 Å². The quantitative estimate of drug-likeness (QED) is 0.428. The third-order valence-electron chi connectivity index (χ3n) is 7.14. The Hall–Kier alpha value is -3.43. The molecule has 2 aliphatic rings. The SMILES string of the molecule is CNS(=O)(=O)c1ccc(OC2COC2)c(C(=O)N2CCN(CCCc3c[nH]c4ccc(C#N)cc34)CC2)c1. The van der Waals surface area contributed by atoms with Crippen molar-refractivity contribution in [2.75, 3.05) is 53.0 Å². The molecule has 38 heavy (non-hydrogen) atoms. The number of aromatic nitrogens is 1. The summed E-state index contributed by atoms with van der Waals surface area (Å²) < 4.78 is 38.1. The molecule has 0 aliphatic carbocycles. The van der Waals surface area contributed by atoms with Crippen molar-refractivity contribution in [3.63, 3.8) is 0 Å². The molecule has 0 bridgehead atoms. The molecule has 200 valence electrons. The molecule has 1 amide bonds. The summed E-state index contributed by atoms with van der Waals surface area (Å²) in [4.78, 5) is 20.9. The van der Waals surface area contributed by atoms with Gasteiger partial charge in [0, 0.05) is 43.3 Å². The van der Waals surface area contributed by atoms with Gasteiger partial charge in [-0.15, -0.1) is 0 Å². The Kier molecular flexibility index (Phi) is 7.67. The van der Waals surface area contributed by atoms with Gasteiger partial charge in [0.15, 0.2) is 0 Å². The minimum absolute atomic E-state index is 0.0263. The van der Waals surface area contributed by atoms with E-state index in [9.17, 15) is 18.5 Å². The normalized spacial score (nSPS) is 16.8. The van der Waals surface area contributed by atoms with Gasteiger partial charge in [0.1, 0.15) is 11.9 Å². The van der Waals surface area contributed by atoms with E-state index >= 15 is 0 Å². The Morgan fingerprint density at radius 2 is 1.97 bits per heavy atom. The van der Waals surface area contributed by atoms with Crippen LogP contribution in [0.1, 0.15) is 27.9 Å². The van der Waals surface area contributed by atoms with Crippen LogP contribution in [0.3, 0.4) is 0 Å². The summed E-state index contributed by atoms with van der Waals surface area (Å²) in [5, 5.41) is 10.3. The van der Waals surface area contributed by atoms with Crippen LogP contribution < -0.4 is 9.46 Å². The molecule has 0 atom stereocenters. The van der Waals surface area contributed by atoms with Crippen molar-refractivity contribution in [2.24, 2.45) is 0 Å². The topological polar surface area (TPSA) is 128 Å². The van der Waals surface area contributed by atoms with Gasteiger partial charge in [-0.05, 0) is 68.4 Å². The van der Waals surface area contributed by atoms with Crippen LogP contribution in [0.5, 0.6) is 5.75 Å². The predicted molar refractivity (Wildman–Crippen MR) is 142 cm³/mol. The summed E-state index contributed by atoms with van der Waals surface area (Å²) in [6.45, 7) is 4.36. The highest BCUT2D eigenvalue weighted by atomic mass is 32.2. The number of piperazine rings is 1. The number of aryl methyl sites for hydroxylation is 1. The number of nitrogens with zero attached hydrogens (tertiary/aromatic N) is 3. The summed E-state index contributed by atoms with van der Waals surface area (Å²) >= 11 is 0. The number of hydrogen-bond acceptors (Lipinski definition) is 7. The van der Waals surface area contributed by atoms with Gasteiger partial charge in [0.2, 0.25) is 10.0 Å². The number of nitriles is 1. The molecule has 2 N–H and O–H groups in total. The Bertz CT molecular complexity index is 1470. The molecular weight excluding hydrogens is 506 g/mol. The smallest absolute Gasteiger partial charge is 0.257 e. The fourth-order valence-corrected chi connectivity index (χ4v) is 5.57. The fourth-order valence-electron chi connectivity index (χ4n) is 4.82. The third kappa shape index (κ3) is 5.54. The number of nitrogens with one attached hydrogen (secondary N) is 2. The number of ether oxygens (including phenoxy) is 2. The van der Waals surface area contributed by atoms with E-state index < -0.39 is 10.0 Å². The average molecular weight is 538 g/mol. The van der Waals surface area contributed by atoms with Crippen molar-refractivity contribution in [3.05, 3.63) is 59.3 Å². The Morgan fingerprint density at radius 1 is 1.18 bits per heavy atom. The number of hydrogen-bond donors (Lipinski definition) is 2. The van der Waals surface area contributed by atoms with E-state index in [-0.39, 0.29) is 22.5 Å². The fraction of sp³-hybridized carbons (Fsp3) is 0.407. The molecule has 11 heteroatoms. The van der Waals surface area contributed by atoms with Gasteiger partial charge in [-0.25, -0.2) is 13.1 Å². The first-order valence-electron chi connectivity index (χ1n) is 12.7. The predicted octanol–water partition coefficient (Wildman–Crippen LogP) is 2.12. The van der Waals surface area contributed by atoms with Crippen molar-refractivity contribution in [3.8, 4) is 11.8 Å². The molecule has 10 nitrogen and oxygen atoms in total. The van der Waals surface area contributed by atoms with Crippen molar-refractivity contribution >= 4 is 26.8 Å². The second kappa shape index (κ2) is 11.1. The second-order valence-electron chi connectivity index (χ2n) is 9.57. The number of rotatable bonds is 9. The van der Waals surface area contributed by atoms with Crippen LogP contribution in [0.25, 0.3) is 10.9 Å². The van der Waals surface area contributed by atoms with Gasteiger partial charge < -0.3 is 19.4 Å². The van der Waals surface area contributed by atoms with Crippen LogP contribution in [0.2, 0.25) is 0 Å². The zero-order chi connectivity index (χ0) is 26.7. The van der Waals surface area contributed by atoms with E-state index in [0.717, 1.165) is 43.4 Å². The molecule has 2 fully saturated rings. The van der Waals surface area contributed by atoms with Crippen LogP contribution in [-0.2, 0) is 21.2 Å². The highest BCUT2D eigenvalue weighted by Gasteiger charge is 2.28. The first-order chi connectivity index (χ1) is 18.4. The summed E-state index contributed by atoms with van der Waals surface area (Å²) in [6, 6.07) is 12.3. The highest BCUT2D eigenvalue weighted by Crippen LogP contribution is 2.27. The maximum atomic E-state index is 13.5.